The molecule has 0 bridgehead atoms. The van der Waals surface area contributed by atoms with Gasteiger partial charge in [-0.2, -0.15) is 0 Å². The highest BCUT2D eigenvalue weighted by molar-refractivity contribution is 7.40. The lowest BCUT2D eigenvalue weighted by atomic mass is 9.91. The molecule has 0 N–H and O–H groups in total. The smallest absolute Gasteiger partial charge is 0.160 e. The summed E-state index contributed by atoms with van der Waals surface area (Å²) in [5.41, 5.74) is 0.983. The van der Waals surface area contributed by atoms with Crippen molar-refractivity contribution >= 4 is 20.5 Å². The van der Waals surface area contributed by atoms with E-state index in [2.05, 4.69) is 4.90 Å². The highest BCUT2D eigenvalue weighted by Gasteiger charge is 2.26. The van der Waals surface area contributed by atoms with Crippen LogP contribution in [0.15, 0.2) is 42.5 Å². The second-order valence-corrected chi connectivity index (χ2v) is 6.23. The third-order valence-corrected chi connectivity index (χ3v) is 4.51. The van der Waals surface area contributed by atoms with E-state index in [9.17, 15) is 13.6 Å². The van der Waals surface area contributed by atoms with Gasteiger partial charge in [0.1, 0.15) is 11.6 Å². The standard InChI is InChI=1S/C18H18F2NO2P/c19-14-2-1-3-15(20)17(14)16(18(22)24)12-4-6-13(7-5-12)21-8-10-23-11-9-21/h1-7,16H,8-11,24H2. The molecule has 0 aromatic heterocycles. The van der Waals surface area contributed by atoms with Crippen LogP contribution < -0.4 is 4.90 Å². The summed E-state index contributed by atoms with van der Waals surface area (Å²) in [5.74, 6) is -2.41. The Kier molecular flexibility index (Phi) is 5.22. The summed E-state index contributed by atoms with van der Waals surface area (Å²) in [6, 6.07) is 10.9. The largest absolute Gasteiger partial charge is 0.378 e. The van der Waals surface area contributed by atoms with Crippen molar-refractivity contribution in [3.8, 4) is 0 Å². The summed E-state index contributed by atoms with van der Waals surface area (Å²) in [4.78, 5) is 14.2. The molecule has 0 saturated carbocycles. The van der Waals surface area contributed by atoms with Crippen LogP contribution in [0.2, 0.25) is 0 Å². The quantitative estimate of drug-likeness (QED) is 0.793. The van der Waals surface area contributed by atoms with E-state index in [0.29, 0.717) is 18.8 Å². The van der Waals surface area contributed by atoms with Crippen LogP contribution in [-0.4, -0.2) is 31.8 Å². The van der Waals surface area contributed by atoms with Gasteiger partial charge in [-0.15, -0.1) is 0 Å². The number of hydrogen-bond donors (Lipinski definition) is 0. The van der Waals surface area contributed by atoms with Gasteiger partial charge in [0.15, 0.2) is 5.52 Å². The van der Waals surface area contributed by atoms with Gasteiger partial charge in [-0.25, -0.2) is 8.78 Å². The van der Waals surface area contributed by atoms with E-state index < -0.39 is 17.6 Å². The first-order chi connectivity index (χ1) is 11.6. The average Bonchev–Trinajstić information content (AvgIpc) is 2.59. The highest BCUT2D eigenvalue weighted by atomic mass is 31.0. The predicted molar refractivity (Wildman–Crippen MR) is 92.4 cm³/mol. The summed E-state index contributed by atoms with van der Waals surface area (Å²) in [7, 11) is 2.03. The number of nitrogens with zero attached hydrogens (tertiary/aromatic N) is 1. The number of anilines is 1. The molecule has 2 aromatic carbocycles. The number of rotatable bonds is 4. The molecule has 2 atom stereocenters. The highest BCUT2D eigenvalue weighted by Crippen LogP contribution is 2.32. The van der Waals surface area contributed by atoms with Crippen molar-refractivity contribution in [2.24, 2.45) is 0 Å². The zero-order valence-electron chi connectivity index (χ0n) is 13.0. The molecule has 3 rings (SSSR count). The number of hydrogen-bond acceptors (Lipinski definition) is 3. The second kappa shape index (κ2) is 7.37. The molecule has 0 spiro atoms. The Morgan fingerprint density at radius 1 is 1.04 bits per heavy atom. The fourth-order valence-electron chi connectivity index (χ4n) is 2.96. The van der Waals surface area contributed by atoms with Crippen molar-refractivity contribution in [3.63, 3.8) is 0 Å². The first kappa shape index (κ1) is 17.0. The fourth-order valence-corrected chi connectivity index (χ4v) is 3.32. The molecule has 2 aromatic rings. The van der Waals surface area contributed by atoms with Gasteiger partial charge < -0.3 is 9.64 Å². The van der Waals surface area contributed by atoms with Crippen LogP contribution in [0.1, 0.15) is 17.0 Å². The summed E-state index contributed by atoms with van der Waals surface area (Å²) < 4.78 is 33.5. The van der Waals surface area contributed by atoms with E-state index in [1.807, 2.05) is 21.4 Å². The van der Waals surface area contributed by atoms with Gasteiger partial charge in [0.2, 0.25) is 0 Å². The van der Waals surface area contributed by atoms with Crippen molar-refractivity contribution in [2.75, 3.05) is 31.2 Å². The van der Waals surface area contributed by atoms with Crippen LogP contribution in [0.5, 0.6) is 0 Å². The van der Waals surface area contributed by atoms with Crippen molar-refractivity contribution < 1.29 is 18.3 Å². The number of halogens is 2. The molecule has 3 nitrogen and oxygen atoms in total. The van der Waals surface area contributed by atoms with Gasteiger partial charge >= 0.3 is 0 Å². The maximum atomic E-state index is 14.1. The topological polar surface area (TPSA) is 29.5 Å². The third kappa shape index (κ3) is 3.47. The summed E-state index contributed by atoms with van der Waals surface area (Å²) in [6.07, 6.45) is 0. The Hall–Kier alpha value is -1.84. The zero-order valence-corrected chi connectivity index (χ0v) is 14.2. The lowest BCUT2D eigenvalue weighted by Crippen LogP contribution is -2.36. The van der Waals surface area contributed by atoms with Crippen LogP contribution >= 0.6 is 9.24 Å². The maximum Gasteiger partial charge on any atom is 0.160 e. The number of benzene rings is 2. The summed E-state index contributed by atoms with van der Waals surface area (Å²) in [6.45, 7) is 2.95. The van der Waals surface area contributed by atoms with Crippen molar-refractivity contribution in [3.05, 3.63) is 65.2 Å². The van der Waals surface area contributed by atoms with Crippen LogP contribution in [0.25, 0.3) is 0 Å². The van der Waals surface area contributed by atoms with E-state index in [-0.39, 0.29) is 11.1 Å². The molecule has 1 heterocycles. The van der Waals surface area contributed by atoms with E-state index >= 15 is 0 Å². The normalized spacial score (nSPS) is 16.0. The van der Waals surface area contributed by atoms with Crippen molar-refractivity contribution in [1.29, 1.82) is 0 Å². The molecular formula is C18H18F2NO2P. The van der Waals surface area contributed by atoms with Crippen LogP contribution in [-0.2, 0) is 9.53 Å². The SMILES string of the molecule is O=C(P)C(c1ccc(N2CCOCC2)cc1)c1c(F)cccc1F. The number of carbonyl (C=O) groups is 1. The predicted octanol–water partition coefficient (Wildman–Crippen LogP) is 3.34. The average molecular weight is 349 g/mol. The Bertz CT molecular complexity index is 710. The molecule has 24 heavy (non-hydrogen) atoms. The monoisotopic (exact) mass is 349 g/mol. The van der Waals surface area contributed by atoms with Gasteiger partial charge in [0.25, 0.3) is 0 Å². The first-order valence-corrected chi connectivity index (χ1v) is 8.31. The van der Waals surface area contributed by atoms with Crippen molar-refractivity contribution in [2.45, 2.75) is 5.92 Å². The molecule has 126 valence electrons. The van der Waals surface area contributed by atoms with E-state index in [0.717, 1.165) is 18.8 Å². The van der Waals surface area contributed by atoms with Crippen LogP contribution in [0, 0.1) is 11.6 Å². The van der Waals surface area contributed by atoms with Gasteiger partial charge in [0.05, 0.1) is 19.1 Å². The molecule has 0 aliphatic carbocycles. The number of morpholine rings is 1. The van der Waals surface area contributed by atoms with E-state index in [4.69, 9.17) is 4.74 Å². The van der Waals surface area contributed by atoms with E-state index in [1.54, 1.807) is 12.1 Å². The Labute approximate surface area is 141 Å². The van der Waals surface area contributed by atoms with Crippen molar-refractivity contribution in [1.82, 2.24) is 0 Å². The summed E-state index contributed by atoms with van der Waals surface area (Å²) in [5, 5.41) is 0. The molecule has 1 saturated heterocycles. The first-order valence-electron chi connectivity index (χ1n) is 7.74. The van der Waals surface area contributed by atoms with Crippen LogP contribution in [0.4, 0.5) is 14.5 Å². The minimum absolute atomic E-state index is 0.211. The molecule has 1 aliphatic heterocycles. The minimum atomic E-state index is -0.977. The third-order valence-electron chi connectivity index (χ3n) is 4.18. The number of carbonyl (C=O) groups excluding carboxylic acids is 1. The second-order valence-electron chi connectivity index (χ2n) is 5.66. The molecule has 2 unspecified atom stereocenters. The van der Waals surface area contributed by atoms with Gasteiger partial charge in [-0.05, 0) is 29.8 Å². The molecule has 0 amide bonds. The molecule has 0 radical (unpaired) electrons. The Morgan fingerprint density at radius 2 is 1.62 bits per heavy atom. The molecule has 1 aliphatic rings. The zero-order chi connectivity index (χ0) is 17.1. The molecule has 6 heteroatoms. The molecule has 1 fully saturated rings. The molecular weight excluding hydrogens is 331 g/mol. The fraction of sp³-hybridized carbons (Fsp3) is 0.278. The van der Waals surface area contributed by atoms with E-state index in [1.165, 1.54) is 18.2 Å². The van der Waals surface area contributed by atoms with Gasteiger partial charge in [-0.1, -0.05) is 27.4 Å². The Morgan fingerprint density at radius 3 is 2.17 bits per heavy atom. The lowest BCUT2D eigenvalue weighted by Gasteiger charge is -2.29. The van der Waals surface area contributed by atoms with Gasteiger partial charge in [0, 0.05) is 24.3 Å². The van der Waals surface area contributed by atoms with Gasteiger partial charge in [-0.3, -0.25) is 4.79 Å². The summed E-state index contributed by atoms with van der Waals surface area (Å²) >= 11 is 0. The minimum Gasteiger partial charge on any atom is -0.378 e. The Balaban J connectivity index is 1.93. The van der Waals surface area contributed by atoms with Crippen LogP contribution in [0.3, 0.4) is 0 Å². The maximum absolute atomic E-state index is 14.1. The lowest BCUT2D eigenvalue weighted by molar-refractivity contribution is -0.111. The number of ether oxygens (including phenoxy) is 1.